The number of hydrogen-bond acceptors (Lipinski definition) is 5. The Balaban J connectivity index is 2.60. The van der Waals surface area contributed by atoms with E-state index >= 15 is 0 Å². The molecule has 0 radical (unpaired) electrons. The first-order valence-corrected chi connectivity index (χ1v) is 3.80. The van der Waals surface area contributed by atoms with Crippen molar-refractivity contribution >= 4 is 0 Å². The molecule has 0 spiro atoms. The predicted octanol–water partition coefficient (Wildman–Crippen LogP) is -1.54. The van der Waals surface area contributed by atoms with E-state index in [1.54, 1.807) is 0 Å². The van der Waals surface area contributed by atoms with Gasteiger partial charge in [0.15, 0.2) is 6.29 Å². The molecule has 0 bridgehead atoms. The second-order valence-corrected chi connectivity index (χ2v) is 2.93. The molecule has 0 aromatic heterocycles. The molecule has 0 aliphatic carbocycles. The zero-order valence-electron chi connectivity index (χ0n) is 7.04. The van der Waals surface area contributed by atoms with E-state index in [0.717, 1.165) is 0 Å². The van der Waals surface area contributed by atoms with E-state index < -0.39 is 30.7 Å². The highest BCUT2D eigenvalue weighted by molar-refractivity contribution is 4.89. The van der Waals surface area contributed by atoms with Crippen LogP contribution in [0.5, 0.6) is 0 Å². The van der Waals surface area contributed by atoms with Gasteiger partial charge in [0.2, 0.25) is 0 Å². The molecule has 12 heavy (non-hydrogen) atoms. The molecule has 1 heterocycles. The maximum atomic E-state index is 9.31. The van der Waals surface area contributed by atoms with Gasteiger partial charge in [0.05, 0.1) is 6.10 Å². The van der Waals surface area contributed by atoms with E-state index in [2.05, 4.69) is 0 Å². The monoisotopic (exact) mass is 178 g/mol. The summed E-state index contributed by atoms with van der Waals surface area (Å²) in [6.45, 7) is 1.48. The predicted molar refractivity (Wildman–Crippen MR) is 39.4 cm³/mol. The maximum Gasteiger partial charge on any atom is 0.186 e. The van der Waals surface area contributed by atoms with Crippen molar-refractivity contribution < 1.29 is 24.8 Å². The summed E-state index contributed by atoms with van der Waals surface area (Å²) in [4.78, 5) is 0. The third-order valence-corrected chi connectivity index (χ3v) is 1.96. The highest BCUT2D eigenvalue weighted by atomic mass is 16.7. The molecule has 1 fully saturated rings. The number of hydrogen-bond donors (Lipinski definition) is 3. The van der Waals surface area contributed by atoms with Crippen molar-refractivity contribution in [3.05, 3.63) is 0 Å². The summed E-state index contributed by atoms with van der Waals surface area (Å²) in [6.07, 6.45) is -4.62. The highest BCUT2D eigenvalue weighted by Crippen LogP contribution is 2.23. The van der Waals surface area contributed by atoms with Crippen LogP contribution in [0.25, 0.3) is 0 Å². The molecule has 3 N–H and O–H groups in total. The van der Waals surface area contributed by atoms with Gasteiger partial charge < -0.3 is 24.8 Å². The highest BCUT2D eigenvalue weighted by Gasteiger charge is 2.44. The van der Waals surface area contributed by atoms with Crippen LogP contribution in [0.1, 0.15) is 6.92 Å². The van der Waals surface area contributed by atoms with Crippen LogP contribution >= 0.6 is 0 Å². The Morgan fingerprint density at radius 1 is 1.33 bits per heavy atom. The van der Waals surface area contributed by atoms with Gasteiger partial charge in [-0.3, -0.25) is 0 Å². The molecule has 5 nitrogen and oxygen atoms in total. The van der Waals surface area contributed by atoms with E-state index in [1.807, 2.05) is 0 Å². The van der Waals surface area contributed by atoms with Gasteiger partial charge in [-0.15, -0.1) is 0 Å². The quantitative estimate of drug-likeness (QED) is 0.477. The van der Waals surface area contributed by atoms with Crippen molar-refractivity contribution in [1.82, 2.24) is 0 Å². The number of rotatable bonds is 2. The Bertz CT molecular complexity index is 149. The smallest absolute Gasteiger partial charge is 0.186 e. The fourth-order valence-corrected chi connectivity index (χ4v) is 1.27. The summed E-state index contributed by atoms with van der Waals surface area (Å²) < 4.78 is 9.76. The van der Waals surface area contributed by atoms with Gasteiger partial charge in [0.25, 0.3) is 0 Å². The van der Waals surface area contributed by atoms with Crippen molar-refractivity contribution in [3.8, 4) is 0 Å². The minimum Gasteiger partial charge on any atom is -0.391 e. The van der Waals surface area contributed by atoms with Crippen molar-refractivity contribution in [2.24, 2.45) is 0 Å². The van der Waals surface area contributed by atoms with Gasteiger partial charge in [-0.2, -0.15) is 0 Å². The molecule has 0 unspecified atom stereocenters. The molecule has 1 saturated heterocycles. The van der Waals surface area contributed by atoms with Crippen LogP contribution in [-0.4, -0.2) is 53.1 Å². The van der Waals surface area contributed by atoms with Crippen LogP contribution in [-0.2, 0) is 9.47 Å². The van der Waals surface area contributed by atoms with Crippen molar-refractivity contribution in [2.45, 2.75) is 37.6 Å². The number of aliphatic hydroxyl groups excluding tert-OH is 3. The fourth-order valence-electron chi connectivity index (χ4n) is 1.27. The van der Waals surface area contributed by atoms with Gasteiger partial charge in [0.1, 0.15) is 18.3 Å². The maximum absolute atomic E-state index is 9.31. The minimum absolute atomic E-state index is 0.773. The second-order valence-electron chi connectivity index (χ2n) is 2.93. The third kappa shape index (κ3) is 1.60. The Morgan fingerprint density at radius 2 is 1.92 bits per heavy atom. The Labute approximate surface area is 70.5 Å². The fraction of sp³-hybridized carbons (Fsp3) is 1.00. The summed E-state index contributed by atoms with van der Waals surface area (Å²) in [6, 6.07) is 0. The molecular formula is C7H14O5. The Hall–Kier alpha value is -0.200. The summed E-state index contributed by atoms with van der Waals surface area (Å²) >= 11 is 0. The first-order chi connectivity index (χ1) is 5.57. The second kappa shape index (κ2) is 3.68. The van der Waals surface area contributed by atoms with Gasteiger partial charge in [0, 0.05) is 7.11 Å². The average Bonchev–Trinajstić information content (AvgIpc) is 2.30. The lowest BCUT2D eigenvalue weighted by atomic mass is 10.1. The van der Waals surface area contributed by atoms with Gasteiger partial charge in [-0.25, -0.2) is 0 Å². The Morgan fingerprint density at radius 3 is 2.17 bits per heavy atom. The lowest BCUT2D eigenvalue weighted by molar-refractivity contribution is -0.161. The molecule has 0 saturated carbocycles. The minimum atomic E-state index is -1.09. The van der Waals surface area contributed by atoms with Gasteiger partial charge in [-0.1, -0.05) is 0 Å². The van der Waals surface area contributed by atoms with E-state index in [9.17, 15) is 10.2 Å². The van der Waals surface area contributed by atoms with Crippen LogP contribution in [0.2, 0.25) is 0 Å². The molecule has 1 aliphatic rings. The van der Waals surface area contributed by atoms with Gasteiger partial charge >= 0.3 is 0 Å². The van der Waals surface area contributed by atoms with Crippen LogP contribution in [0.4, 0.5) is 0 Å². The average molecular weight is 178 g/mol. The molecule has 5 heteroatoms. The molecule has 0 amide bonds. The van der Waals surface area contributed by atoms with Crippen molar-refractivity contribution in [2.75, 3.05) is 7.11 Å². The largest absolute Gasteiger partial charge is 0.391 e. The number of aliphatic hydroxyl groups is 3. The molecule has 5 atom stereocenters. The number of methoxy groups -OCH3 is 1. The standard InChI is InChI=1S/C7H14O5/c1-3(8)6-4(9)5(10)7(11-2)12-6/h3-10H,1-2H3/t3-,4+,5+,6-,7-/m0/s1. The Kier molecular flexibility index (Phi) is 3.03. The van der Waals surface area contributed by atoms with E-state index in [1.165, 1.54) is 14.0 Å². The summed E-state index contributed by atoms with van der Waals surface area (Å²) in [5.41, 5.74) is 0. The van der Waals surface area contributed by atoms with Crippen LogP contribution in [0, 0.1) is 0 Å². The first-order valence-electron chi connectivity index (χ1n) is 3.80. The lowest BCUT2D eigenvalue weighted by Crippen LogP contribution is -2.37. The lowest BCUT2D eigenvalue weighted by Gasteiger charge is -2.16. The summed E-state index contributed by atoms with van der Waals surface area (Å²) in [7, 11) is 1.37. The van der Waals surface area contributed by atoms with E-state index in [-0.39, 0.29) is 0 Å². The molecule has 1 rings (SSSR count). The van der Waals surface area contributed by atoms with Crippen LogP contribution in [0.3, 0.4) is 0 Å². The molecule has 0 aromatic rings. The van der Waals surface area contributed by atoms with Crippen LogP contribution < -0.4 is 0 Å². The number of ether oxygens (including phenoxy) is 2. The topological polar surface area (TPSA) is 79.2 Å². The SMILES string of the molecule is CO[C@H]1O[C@@H]([C@H](C)O)[C@H](O)[C@H]1O. The molecular weight excluding hydrogens is 164 g/mol. The summed E-state index contributed by atoms with van der Waals surface area (Å²) in [5.74, 6) is 0. The van der Waals surface area contributed by atoms with E-state index in [0.29, 0.717) is 0 Å². The molecule has 0 aromatic carbocycles. The van der Waals surface area contributed by atoms with Crippen molar-refractivity contribution in [3.63, 3.8) is 0 Å². The third-order valence-electron chi connectivity index (χ3n) is 1.96. The van der Waals surface area contributed by atoms with E-state index in [4.69, 9.17) is 14.6 Å². The summed E-state index contributed by atoms with van der Waals surface area (Å²) in [5, 5.41) is 27.7. The zero-order chi connectivity index (χ0) is 9.30. The normalized spacial score (nSPS) is 44.8. The van der Waals surface area contributed by atoms with Crippen LogP contribution in [0.15, 0.2) is 0 Å². The molecule has 1 aliphatic heterocycles. The zero-order valence-corrected chi connectivity index (χ0v) is 7.04. The van der Waals surface area contributed by atoms with Crippen molar-refractivity contribution in [1.29, 1.82) is 0 Å². The van der Waals surface area contributed by atoms with Gasteiger partial charge in [-0.05, 0) is 6.92 Å². The molecule has 72 valence electrons. The first kappa shape index (κ1) is 9.88.